The minimum Gasteiger partial charge on any atom is -0.462 e. The van der Waals surface area contributed by atoms with E-state index < -0.39 is 0 Å². The quantitative estimate of drug-likeness (QED) is 0.0612. The number of rotatable bonds is 21. The zero-order chi connectivity index (χ0) is 39.9. The minimum atomic E-state index is -0.349. The molecule has 9 atom stereocenters. The number of allylic oxidation sites excluding steroid dienone is 1. The summed E-state index contributed by atoms with van der Waals surface area (Å²) in [4.78, 5) is 28.5. The number of hydrogen-bond donors (Lipinski definition) is 3. The molecule has 0 heterocycles. The minimum absolute atomic E-state index is 0.0276. The predicted molar refractivity (Wildman–Crippen MR) is 226 cm³/mol. The van der Waals surface area contributed by atoms with Gasteiger partial charge in [0.1, 0.15) is 6.10 Å². The van der Waals surface area contributed by atoms with E-state index in [2.05, 4.69) is 52.9 Å². The topological polar surface area (TPSA) is 111 Å². The molecule has 1 amide bonds. The number of carbonyl (C=O) groups excluding carboxylic acids is 2. The second kappa shape index (κ2) is 19.3. The largest absolute Gasteiger partial charge is 0.462 e. The fraction of sp³-hybridized carbons (Fsp3) is 0.915. The van der Waals surface area contributed by atoms with Crippen molar-refractivity contribution in [1.82, 2.24) is 10.2 Å². The van der Waals surface area contributed by atoms with Crippen molar-refractivity contribution in [2.45, 2.75) is 196 Å². The van der Waals surface area contributed by atoms with Gasteiger partial charge in [-0.15, -0.1) is 0 Å². The van der Waals surface area contributed by atoms with E-state index in [0.717, 1.165) is 99.5 Å². The van der Waals surface area contributed by atoms with Crippen LogP contribution in [0.2, 0.25) is 0 Å². The van der Waals surface area contributed by atoms with Crippen LogP contribution in [0.1, 0.15) is 178 Å². The number of fused-ring (bicyclic) bond motifs is 5. The molecule has 4 aliphatic rings. The van der Waals surface area contributed by atoms with E-state index >= 15 is 0 Å². The van der Waals surface area contributed by atoms with E-state index in [1.807, 2.05) is 32.6 Å². The third kappa shape index (κ3) is 12.0. The molecule has 4 aliphatic carbocycles. The first-order valence-electron chi connectivity index (χ1n) is 22.7. The highest BCUT2D eigenvalue weighted by molar-refractivity contribution is 5.81. The maximum absolute atomic E-state index is 13.4. The molecule has 7 unspecified atom stereocenters. The molecule has 312 valence electrons. The Balaban J connectivity index is 1.26. The van der Waals surface area contributed by atoms with Gasteiger partial charge in [-0.25, -0.2) is 0 Å². The van der Waals surface area contributed by atoms with Crippen LogP contribution < -0.4 is 16.8 Å². The highest BCUT2D eigenvalue weighted by Gasteiger charge is 2.59. The molecule has 3 saturated carbocycles. The summed E-state index contributed by atoms with van der Waals surface area (Å²) in [6, 6.07) is 0. The van der Waals surface area contributed by atoms with Gasteiger partial charge < -0.3 is 26.4 Å². The van der Waals surface area contributed by atoms with Gasteiger partial charge in [-0.05, 0) is 170 Å². The molecule has 7 nitrogen and oxygen atoms in total. The van der Waals surface area contributed by atoms with Crippen LogP contribution in [0.3, 0.4) is 0 Å². The first-order valence-corrected chi connectivity index (χ1v) is 22.7. The summed E-state index contributed by atoms with van der Waals surface area (Å²) < 4.78 is 6.13. The summed E-state index contributed by atoms with van der Waals surface area (Å²) >= 11 is 0. The van der Waals surface area contributed by atoms with Gasteiger partial charge in [-0.1, -0.05) is 66.0 Å². The zero-order valence-electron chi connectivity index (χ0n) is 36.9. The highest BCUT2D eigenvalue weighted by Crippen LogP contribution is 2.67. The van der Waals surface area contributed by atoms with Crippen LogP contribution in [0, 0.1) is 52.3 Å². The monoisotopic (exact) mass is 755 g/mol. The van der Waals surface area contributed by atoms with Gasteiger partial charge in [-0.3, -0.25) is 9.59 Å². The molecule has 0 spiro atoms. The van der Waals surface area contributed by atoms with E-state index in [4.69, 9.17) is 16.2 Å². The molecule has 7 heteroatoms. The molecule has 0 aromatic heterocycles. The Morgan fingerprint density at radius 1 is 0.907 bits per heavy atom. The summed E-state index contributed by atoms with van der Waals surface area (Å²) in [7, 11) is 0. The Hall–Kier alpha value is -1.44. The van der Waals surface area contributed by atoms with Gasteiger partial charge in [0.15, 0.2) is 0 Å². The van der Waals surface area contributed by atoms with Crippen molar-refractivity contribution in [2.75, 3.05) is 26.2 Å². The Bertz CT molecular complexity index is 1230. The van der Waals surface area contributed by atoms with E-state index in [9.17, 15) is 9.59 Å². The fourth-order valence-corrected chi connectivity index (χ4v) is 11.9. The lowest BCUT2D eigenvalue weighted by Gasteiger charge is -2.58. The summed E-state index contributed by atoms with van der Waals surface area (Å²) in [5.74, 6) is 5.55. The van der Waals surface area contributed by atoms with Gasteiger partial charge in [-0.2, -0.15) is 0 Å². The van der Waals surface area contributed by atoms with E-state index in [1.165, 1.54) is 51.4 Å². The van der Waals surface area contributed by atoms with Crippen LogP contribution in [0.4, 0.5) is 0 Å². The normalized spacial score (nSPS) is 30.9. The van der Waals surface area contributed by atoms with Gasteiger partial charge in [0.25, 0.3) is 0 Å². The van der Waals surface area contributed by atoms with Crippen LogP contribution in [-0.2, 0) is 14.3 Å². The van der Waals surface area contributed by atoms with Gasteiger partial charge in [0.2, 0.25) is 5.91 Å². The van der Waals surface area contributed by atoms with Crippen molar-refractivity contribution in [3.8, 4) is 0 Å². The van der Waals surface area contributed by atoms with Crippen LogP contribution in [0.25, 0.3) is 0 Å². The van der Waals surface area contributed by atoms with E-state index in [1.54, 1.807) is 5.57 Å². The van der Waals surface area contributed by atoms with Crippen LogP contribution in [-0.4, -0.2) is 60.1 Å². The average Bonchev–Trinajstić information content (AvgIpc) is 3.44. The number of amides is 1. The Morgan fingerprint density at radius 3 is 2.30 bits per heavy atom. The first kappa shape index (κ1) is 45.3. The molecule has 4 rings (SSSR count). The van der Waals surface area contributed by atoms with Gasteiger partial charge in [0.05, 0.1) is 6.42 Å². The number of esters is 1. The maximum Gasteiger partial charge on any atom is 0.306 e. The van der Waals surface area contributed by atoms with Crippen molar-refractivity contribution in [2.24, 2.45) is 63.7 Å². The molecule has 0 saturated heterocycles. The third-order valence-electron chi connectivity index (χ3n) is 15.5. The molecule has 0 aromatic carbocycles. The number of unbranched alkanes of at least 4 members (excludes halogenated alkanes) is 1. The van der Waals surface area contributed by atoms with Crippen LogP contribution in [0.15, 0.2) is 11.6 Å². The van der Waals surface area contributed by atoms with Crippen molar-refractivity contribution in [3.05, 3.63) is 11.6 Å². The van der Waals surface area contributed by atoms with Crippen molar-refractivity contribution >= 4 is 11.9 Å². The van der Waals surface area contributed by atoms with Gasteiger partial charge >= 0.3 is 5.97 Å². The highest BCUT2D eigenvalue weighted by atomic mass is 16.5. The second-order valence-electron chi connectivity index (χ2n) is 21.1. The SMILES string of the molecule is CC[C@H](CC[C@@H](C)C1CCC2C3CC=C4CC(OC(=O)CCC(=O)N(CCCCNCCC(C)(C)N)CCC(C)(C)N)CCC4(C)C3CCC21C)C(C)C. The number of carbonyl (C=O) groups is 2. The number of nitrogens with one attached hydrogen (secondary N) is 1. The molecule has 0 aromatic rings. The molecule has 5 N–H and O–H groups in total. The van der Waals surface area contributed by atoms with Crippen molar-refractivity contribution in [3.63, 3.8) is 0 Å². The van der Waals surface area contributed by atoms with E-state index in [-0.39, 0.29) is 47.3 Å². The third-order valence-corrected chi connectivity index (χ3v) is 15.5. The standard InChI is InChI=1S/C47H86N4O3/c1-11-35(33(2)3)15-14-34(4)39-18-19-40-38-17-16-36-32-37(22-24-46(36,9)41(38)23-25-47(39,40)10)54-43(53)21-20-42(52)51(31-27-45(7,8)49)30-13-12-28-50-29-26-44(5,6)48/h16,33-35,37-41,50H,11-15,17-32,48-49H2,1-10H3/t34-,35-,37?,38?,39?,40?,41?,46?,47?/m1/s1. The zero-order valence-corrected chi connectivity index (χ0v) is 36.9. The lowest BCUT2D eigenvalue weighted by Crippen LogP contribution is -2.51. The summed E-state index contributed by atoms with van der Waals surface area (Å²) in [6.07, 6.45) is 20.2. The molecule has 0 bridgehead atoms. The lowest BCUT2D eigenvalue weighted by atomic mass is 9.47. The smallest absolute Gasteiger partial charge is 0.306 e. The van der Waals surface area contributed by atoms with Crippen LogP contribution >= 0.6 is 0 Å². The summed E-state index contributed by atoms with van der Waals surface area (Å²) in [5.41, 5.74) is 14.1. The van der Waals surface area contributed by atoms with Crippen LogP contribution in [0.5, 0.6) is 0 Å². The number of hydrogen-bond acceptors (Lipinski definition) is 6. The maximum atomic E-state index is 13.4. The Morgan fingerprint density at radius 2 is 1.63 bits per heavy atom. The summed E-state index contributed by atoms with van der Waals surface area (Å²) in [5, 5.41) is 3.47. The second-order valence-corrected chi connectivity index (χ2v) is 21.1. The lowest BCUT2D eigenvalue weighted by molar-refractivity contribution is -0.153. The molecule has 0 radical (unpaired) electrons. The number of nitrogens with zero attached hydrogens (tertiary/aromatic N) is 1. The molecular formula is C47H86N4O3. The predicted octanol–water partition coefficient (Wildman–Crippen LogP) is 9.81. The molecule has 54 heavy (non-hydrogen) atoms. The molecule has 0 aliphatic heterocycles. The molecule has 3 fully saturated rings. The summed E-state index contributed by atoms with van der Waals surface area (Å²) in [6.45, 7) is 26.2. The van der Waals surface area contributed by atoms with Crippen molar-refractivity contribution in [1.29, 1.82) is 0 Å². The first-order chi connectivity index (χ1) is 25.3. The van der Waals surface area contributed by atoms with E-state index in [0.29, 0.717) is 18.5 Å². The fourth-order valence-electron chi connectivity index (χ4n) is 11.9. The number of nitrogens with two attached hydrogens (primary N) is 2. The average molecular weight is 755 g/mol. The van der Waals surface area contributed by atoms with Gasteiger partial charge in [0, 0.05) is 37.0 Å². The Kier molecular flexibility index (Phi) is 16.2. The number of ether oxygens (including phenoxy) is 1. The van der Waals surface area contributed by atoms with Crippen molar-refractivity contribution < 1.29 is 14.3 Å². The molecular weight excluding hydrogens is 669 g/mol. The Labute approximate surface area is 332 Å².